The zero-order valence-electron chi connectivity index (χ0n) is 14.4. The number of nitrogens with one attached hydrogen (secondary N) is 1. The third kappa shape index (κ3) is 3.46. The summed E-state index contributed by atoms with van der Waals surface area (Å²) >= 11 is 0. The SMILES string of the molecule is CCn1c(C)nc2cc(C(=O)N/N=C/c3ccc(C(=O)O)cc3)ccc21. The summed E-state index contributed by atoms with van der Waals surface area (Å²) in [6, 6.07) is 11.5. The molecule has 1 amide bonds. The number of hydrogen-bond acceptors (Lipinski definition) is 4. The van der Waals surface area contributed by atoms with Crippen LogP contribution in [-0.2, 0) is 6.54 Å². The lowest BCUT2D eigenvalue weighted by Gasteiger charge is -2.03. The van der Waals surface area contributed by atoms with E-state index in [1.165, 1.54) is 18.3 Å². The van der Waals surface area contributed by atoms with Gasteiger partial charge in [0.15, 0.2) is 0 Å². The highest BCUT2D eigenvalue weighted by molar-refractivity contribution is 5.98. The quantitative estimate of drug-likeness (QED) is 0.546. The second-order valence-electron chi connectivity index (χ2n) is 5.73. The third-order valence-corrected chi connectivity index (χ3v) is 4.05. The Morgan fingerprint density at radius 1 is 1.19 bits per heavy atom. The van der Waals surface area contributed by atoms with Crippen LogP contribution in [0.5, 0.6) is 0 Å². The fourth-order valence-electron chi connectivity index (χ4n) is 2.73. The van der Waals surface area contributed by atoms with Gasteiger partial charge in [-0.3, -0.25) is 4.79 Å². The Morgan fingerprint density at radius 3 is 2.54 bits per heavy atom. The Hall–Kier alpha value is -3.48. The van der Waals surface area contributed by atoms with Crippen LogP contribution in [0.2, 0.25) is 0 Å². The number of benzene rings is 2. The van der Waals surface area contributed by atoms with Gasteiger partial charge in [-0.1, -0.05) is 12.1 Å². The maximum Gasteiger partial charge on any atom is 0.335 e. The first-order valence-corrected chi connectivity index (χ1v) is 8.13. The van der Waals surface area contributed by atoms with Crippen molar-refractivity contribution in [3.05, 3.63) is 65.0 Å². The maximum atomic E-state index is 12.2. The Morgan fingerprint density at radius 2 is 1.88 bits per heavy atom. The highest BCUT2D eigenvalue weighted by Crippen LogP contribution is 2.17. The van der Waals surface area contributed by atoms with Crippen molar-refractivity contribution < 1.29 is 14.7 Å². The van der Waals surface area contributed by atoms with Gasteiger partial charge in [0.25, 0.3) is 5.91 Å². The smallest absolute Gasteiger partial charge is 0.335 e. The van der Waals surface area contributed by atoms with Gasteiger partial charge in [-0.2, -0.15) is 5.10 Å². The first-order valence-electron chi connectivity index (χ1n) is 8.13. The number of rotatable bonds is 5. The van der Waals surface area contributed by atoms with E-state index in [4.69, 9.17) is 5.11 Å². The topological polar surface area (TPSA) is 96.6 Å². The molecule has 1 aromatic heterocycles. The van der Waals surface area contributed by atoms with Crippen molar-refractivity contribution in [2.24, 2.45) is 5.10 Å². The summed E-state index contributed by atoms with van der Waals surface area (Å²) < 4.78 is 2.08. The number of aryl methyl sites for hydroxylation is 2. The molecule has 1 heterocycles. The van der Waals surface area contributed by atoms with E-state index in [9.17, 15) is 9.59 Å². The molecule has 3 aromatic rings. The average Bonchev–Trinajstić information content (AvgIpc) is 2.96. The van der Waals surface area contributed by atoms with Crippen LogP contribution in [0, 0.1) is 6.92 Å². The van der Waals surface area contributed by atoms with Gasteiger partial charge in [0.05, 0.1) is 22.8 Å². The molecule has 2 N–H and O–H groups in total. The fraction of sp³-hybridized carbons (Fsp3) is 0.158. The van der Waals surface area contributed by atoms with Gasteiger partial charge in [-0.15, -0.1) is 0 Å². The average molecular weight is 350 g/mol. The lowest BCUT2D eigenvalue weighted by Crippen LogP contribution is -2.17. The number of carboxylic acid groups (broad SMARTS) is 1. The van der Waals surface area contributed by atoms with Gasteiger partial charge in [-0.25, -0.2) is 15.2 Å². The second-order valence-corrected chi connectivity index (χ2v) is 5.73. The summed E-state index contributed by atoms with van der Waals surface area (Å²) in [4.78, 5) is 27.5. The Balaban J connectivity index is 1.71. The molecule has 0 radical (unpaired) electrons. The maximum absolute atomic E-state index is 12.2. The van der Waals surface area contributed by atoms with Crippen LogP contribution in [0.1, 0.15) is 39.0 Å². The summed E-state index contributed by atoms with van der Waals surface area (Å²) in [5.41, 5.74) is 5.57. The molecular weight excluding hydrogens is 332 g/mol. The van der Waals surface area contributed by atoms with Gasteiger partial charge in [0, 0.05) is 12.1 Å². The zero-order chi connectivity index (χ0) is 18.7. The van der Waals surface area contributed by atoms with Crippen molar-refractivity contribution in [1.82, 2.24) is 15.0 Å². The standard InChI is InChI=1S/C19H18N4O3/c1-3-23-12(2)21-16-10-15(8-9-17(16)23)18(24)22-20-11-13-4-6-14(7-5-13)19(25)26/h4-11H,3H2,1-2H3,(H,22,24)(H,25,26)/b20-11+. The number of hydrazone groups is 1. The molecule has 132 valence electrons. The summed E-state index contributed by atoms with van der Waals surface area (Å²) in [5, 5.41) is 12.8. The van der Waals surface area contributed by atoms with E-state index in [1.807, 2.05) is 19.9 Å². The first-order chi connectivity index (χ1) is 12.5. The molecule has 7 nitrogen and oxygen atoms in total. The largest absolute Gasteiger partial charge is 0.478 e. The summed E-state index contributed by atoms with van der Waals surface area (Å²) in [7, 11) is 0. The molecule has 0 fully saturated rings. The molecule has 0 bridgehead atoms. The molecule has 0 aliphatic carbocycles. The third-order valence-electron chi connectivity index (χ3n) is 4.05. The summed E-state index contributed by atoms with van der Waals surface area (Å²) in [6.07, 6.45) is 1.46. The number of fused-ring (bicyclic) bond motifs is 1. The zero-order valence-corrected chi connectivity index (χ0v) is 14.4. The van der Waals surface area contributed by atoms with Crippen molar-refractivity contribution in [3.8, 4) is 0 Å². The molecule has 7 heteroatoms. The molecule has 0 aliphatic heterocycles. The van der Waals surface area contributed by atoms with E-state index < -0.39 is 5.97 Å². The van der Waals surface area contributed by atoms with Crippen LogP contribution in [0.4, 0.5) is 0 Å². The Bertz CT molecular complexity index is 1000. The number of hydrogen-bond donors (Lipinski definition) is 2. The number of amides is 1. The lowest BCUT2D eigenvalue weighted by molar-refractivity contribution is 0.0696. The van der Waals surface area contributed by atoms with Crippen LogP contribution in [0.25, 0.3) is 11.0 Å². The molecule has 3 rings (SSSR count). The first kappa shape index (κ1) is 17.3. The number of carbonyl (C=O) groups is 2. The number of aromatic carboxylic acids is 1. The van der Waals surface area contributed by atoms with E-state index in [0.29, 0.717) is 11.1 Å². The highest BCUT2D eigenvalue weighted by atomic mass is 16.4. The van der Waals surface area contributed by atoms with Crippen LogP contribution in [0.3, 0.4) is 0 Å². The van der Waals surface area contributed by atoms with Gasteiger partial charge < -0.3 is 9.67 Å². The molecule has 0 spiro atoms. The highest BCUT2D eigenvalue weighted by Gasteiger charge is 2.10. The van der Waals surface area contributed by atoms with Crippen LogP contribution in [0.15, 0.2) is 47.6 Å². The number of aromatic nitrogens is 2. The number of imidazole rings is 1. The molecule has 0 aliphatic rings. The minimum atomic E-state index is -0.988. The summed E-state index contributed by atoms with van der Waals surface area (Å²) in [6.45, 7) is 4.80. The van der Waals surface area contributed by atoms with Gasteiger partial charge in [0.2, 0.25) is 0 Å². The van der Waals surface area contributed by atoms with E-state index in [1.54, 1.807) is 24.3 Å². The molecule has 26 heavy (non-hydrogen) atoms. The Kier molecular flexibility index (Phi) is 4.79. The van der Waals surface area contributed by atoms with Gasteiger partial charge >= 0.3 is 5.97 Å². The minimum Gasteiger partial charge on any atom is -0.478 e. The van der Waals surface area contributed by atoms with E-state index in [-0.39, 0.29) is 11.5 Å². The van der Waals surface area contributed by atoms with Gasteiger partial charge in [0.1, 0.15) is 5.82 Å². The van der Waals surface area contributed by atoms with Crippen LogP contribution < -0.4 is 5.43 Å². The lowest BCUT2D eigenvalue weighted by atomic mass is 10.1. The van der Waals surface area contributed by atoms with Crippen molar-refractivity contribution in [2.75, 3.05) is 0 Å². The molecule has 0 atom stereocenters. The van der Waals surface area contributed by atoms with Crippen molar-refractivity contribution >= 4 is 29.1 Å². The predicted molar refractivity (Wildman–Crippen MR) is 98.6 cm³/mol. The van der Waals surface area contributed by atoms with Crippen molar-refractivity contribution in [1.29, 1.82) is 0 Å². The van der Waals surface area contributed by atoms with Gasteiger partial charge in [-0.05, 0) is 49.7 Å². The van der Waals surface area contributed by atoms with E-state index in [0.717, 1.165) is 23.4 Å². The molecule has 0 saturated carbocycles. The second kappa shape index (κ2) is 7.18. The van der Waals surface area contributed by atoms with E-state index >= 15 is 0 Å². The van der Waals surface area contributed by atoms with Crippen LogP contribution >= 0.6 is 0 Å². The normalized spacial score (nSPS) is 11.2. The van der Waals surface area contributed by atoms with Crippen LogP contribution in [-0.4, -0.2) is 32.7 Å². The molecule has 0 saturated heterocycles. The monoisotopic (exact) mass is 350 g/mol. The molecular formula is C19H18N4O3. The number of carbonyl (C=O) groups excluding carboxylic acids is 1. The van der Waals surface area contributed by atoms with Crippen molar-refractivity contribution in [3.63, 3.8) is 0 Å². The Labute approximate surface area is 150 Å². The predicted octanol–water partition coefficient (Wildman–Crippen LogP) is 2.83. The molecule has 2 aromatic carbocycles. The molecule has 0 unspecified atom stereocenters. The summed E-state index contributed by atoms with van der Waals surface area (Å²) in [5.74, 6) is -0.421. The van der Waals surface area contributed by atoms with E-state index in [2.05, 4.69) is 20.1 Å². The number of nitrogens with zero attached hydrogens (tertiary/aromatic N) is 3. The fourth-order valence-corrected chi connectivity index (χ4v) is 2.73. The van der Waals surface area contributed by atoms with Crippen molar-refractivity contribution in [2.45, 2.75) is 20.4 Å². The minimum absolute atomic E-state index is 0.196. The number of carboxylic acids is 1.